The molecule has 124 valence electrons. The van der Waals surface area contributed by atoms with Crippen LogP contribution < -0.4 is 10.6 Å². The fraction of sp³-hybridized carbons (Fsp3) is 0.929. The molecule has 1 aliphatic rings. The summed E-state index contributed by atoms with van der Waals surface area (Å²) in [5, 5.41) is 14.4. The molecule has 3 N–H and O–H groups in total. The molecule has 0 heterocycles. The van der Waals surface area contributed by atoms with Crippen LogP contribution in [-0.4, -0.2) is 35.5 Å². The number of hydrogen-bond donors (Lipinski definition) is 3. The molecule has 1 fully saturated rings. The maximum atomic E-state index is 12.7. The van der Waals surface area contributed by atoms with E-state index in [1.165, 1.54) is 0 Å². The molecule has 0 aromatic carbocycles. The van der Waals surface area contributed by atoms with Gasteiger partial charge in [-0.25, -0.2) is 4.79 Å². The molecule has 1 saturated carbocycles. The third-order valence-corrected chi connectivity index (χ3v) is 4.33. The highest BCUT2D eigenvalue weighted by molar-refractivity contribution is 5.75. The van der Waals surface area contributed by atoms with Gasteiger partial charge in [0.15, 0.2) is 0 Å². The van der Waals surface area contributed by atoms with Crippen molar-refractivity contribution in [2.45, 2.75) is 70.1 Å². The summed E-state index contributed by atoms with van der Waals surface area (Å²) in [5.74, 6) is -1.33. The first-order valence-electron chi connectivity index (χ1n) is 7.46. The molecule has 0 radical (unpaired) electrons. The molecule has 4 nitrogen and oxygen atoms in total. The fourth-order valence-electron chi connectivity index (χ4n) is 2.69. The number of rotatable bonds is 5. The second kappa shape index (κ2) is 7.33. The Balaban J connectivity index is 2.51. The van der Waals surface area contributed by atoms with Crippen LogP contribution in [0.1, 0.15) is 52.4 Å². The van der Waals surface area contributed by atoms with E-state index in [0.717, 1.165) is 0 Å². The lowest BCUT2D eigenvalue weighted by Gasteiger charge is -2.33. The normalized spacial score (nSPS) is 26.0. The van der Waals surface area contributed by atoms with Crippen LogP contribution in [0.25, 0.3) is 0 Å². The molecule has 1 aliphatic carbocycles. The predicted molar refractivity (Wildman–Crippen MR) is 73.9 cm³/mol. The van der Waals surface area contributed by atoms with Gasteiger partial charge in [-0.1, -0.05) is 13.3 Å². The Bertz CT molecular complexity index is 350. The molecule has 0 aromatic rings. The summed E-state index contributed by atoms with van der Waals surface area (Å²) in [6.07, 6.45) is -2.02. The van der Waals surface area contributed by atoms with Crippen LogP contribution in [0.4, 0.5) is 18.0 Å². The van der Waals surface area contributed by atoms with Gasteiger partial charge >= 0.3 is 12.2 Å². The molecule has 3 atom stereocenters. The Morgan fingerprint density at radius 3 is 2.52 bits per heavy atom. The minimum atomic E-state index is -4.19. The van der Waals surface area contributed by atoms with Crippen LogP contribution in [-0.2, 0) is 0 Å². The minimum Gasteiger partial charge on any atom is -0.396 e. The van der Waals surface area contributed by atoms with E-state index in [1.54, 1.807) is 0 Å². The summed E-state index contributed by atoms with van der Waals surface area (Å²) in [7, 11) is 0. The summed E-state index contributed by atoms with van der Waals surface area (Å²) >= 11 is 0. The number of carbonyl (C=O) groups is 1. The van der Waals surface area contributed by atoms with E-state index in [9.17, 15) is 18.0 Å². The fourth-order valence-corrected chi connectivity index (χ4v) is 2.69. The van der Waals surface area contributed by atoms with Gasteiger partial charge in [-0.05, 0) is 39.0 Å². The number of amides is 2. The first-order valence-corrected chi connectivity index (χ1v) is 7.46. The Hall–Kier alpha value is -0.980. The summed E-state index contributed by atoms with van der Waals surface area (Å²) in [4.78, 5) is 11.9. The van der Waals surface area contributed by atoms with E-state index in [-0.39, 0.29) is 19.4 Å². The molecule has 0 aliphatic heterocycles. The van der Waals surface area contributed by atoms with E-state index in [0.29, 0.717) is 25.7 Å². The molecule has 1 rings (SSSR count). The van der Waals surface area contributed by atoms with Gasteiger partial charge in [0, 0.05) is 18.2 Å². The molecule has 0 bridgehead atoms. The molecule has 0 saturated heterocycles. The van der Waals surface area contributed by atoms with Crippen LogP contribution in [0, 0.1) is 5.92 Å². The number of halogens is 3. The van der Waals surface area contributed by atoms with Crippen LogP contribution in [0.3, 0.4) is 0 Å². The van der Waals surface area contributed by atoms with Crippen molar-refractivity contribution in [3.05, 3.63) is 0 Å². The third kappa shape index (κ3) is 5.73. The lowest BCUT2D eigenvalue weighted by Crippen LogP contribution is -2.53. The Morgan fingerprint density at radius 1 is 1.33 bits per heavy atom. The smallest absolute Gasteiger partial charge is 0.391 e. The van der Waals surface area contributed by atoms with Gasteiger partial charge in [0.2, 0.25) is 0 Å². The lowest BCUT2D eigenvalue weighted by atomic mass is 9.85. The summed E-state index contributed by atoms with van der Waals surface area (Å²) < 4.78 is 38.2. The summed E-state index contributed by atoms with van der Waals surface area (Å²) in [6.45, 7) is 3.64. The molecule has 0 aromatic heterocycles. The van der Waals surface area contributed by atoms with Crippen LogP contribution in [0.2, 0.25) is 0 Å². The number of aliphatic hydroxyl groups is 1. The van der Waals surface area contributed by atoms with Gasteiger partial charge in [-0.3, -0.25) is 0 Å². The largest absolute Gasteiger partial charge is 0.396 e. The van der Waals surface area contributed by atoms with Crippen molar-refractivity contribution in [2.24, 2.45) is 5.92 Å². The molecule has 7 heteroatoms. The van der Waals surface area contributed by atoms with Crippen molar-refractivity contribution in [3.63, 3.8) is 0 Å². The standard InChI is InChI=1S/C14H25F3N2O2/c1-3-13(2,7-8-20)19-12(21)18-11-6-4-5-10(9-11)14(15,16)17/h10-11,20H,3-9H2,1-2H3,(H2,18,19,21). The van der Waals surface area contributed by atoms with Gasteiger partial charge in [0.05, 0.1) is 5.92 Å². The topological polar surface area (TPSA) is 61.4 Å². The van der Waals surface area contributed by atoms with Gasteiger partial charge in [0.25, 0.3) is 0 Å². The highest BCUT2D eigenvalue weighted by Crippen LogP contribution is 2.37. The molecule has 2 amide bonds. The van der Waals surface area contributed by atoms with Gasteiger partial charge in [-0.15, -0.1) is 0 Å². The molecule has 3 unspecified atom stereocenters. The minimum absolute atomic E-state index is 0.0514. The molecular weight excluding hydrogens is 285 g/mol. The number of alkyl halides is 3. The zero-order chi connectivity index (χ0) is 16.1. The first-order chi connectivity index (χ1) is 9.70. The highest BCUT2D eigenvalue weighted by atomic mass is 19.4. The van der Waals surface area contributed by atoms with Gasteiger partial charge < -0.3 is 15.7 Å². The number of hydrogen-bond acceptors (Lipinski definition) is 2. The van der Waals surface area contributed by atoms with Crippen molar-refractivity contribution in [2.75, 3.05) is 6.61 Å². The van der Waals surface area contributed by atoms with E-state index in [4.69, 9.17) is 5.11 Å². The van der Waals surface area contributed by atoms with Crippen LogP contribution in [0.5, 0.6) is 0 Å². The highest BCUT2D eigenvalue weighted by Gasteiger charge is 2.42. The van der Waals surface area contributed by atoms with Crippen LogP contribution in [0.15, 0.2) is 0 Å². The van der Waals surface area contributed by atoms with E-state index >= 15 is 0 Å². The van der Waals surface area contributed by atoms with Crippen molar-refractivity contribution in [3.8, 4) is 0 Å². The maximum Gasteiger partial charge on any atom is 0.391 e. The van der Waals surface area contributed by atoms with Gasteiger partial charge in [0.1, 0.15) is 0 Å². The predicted octanol–water partition coefficient (Wildman–Crippen LogP) is 2.96. The monoisotopic (exact) mass is 310 g/mol. The van der Waals surface area contributed by atoms with Gasteiger partial charge in [-0.2, -0.15) is 13.2 Å². The summed E-state index contributed by atoms with van der Waals surface area (Å²) in [5.41, 5.74) is -0.545. The first kappa shape index (κ1) is 18.1. The Morgan fingerprint density at radius 2 is 2.00 bits per heavy atom. The molecular formula is C14H25F3N2O2. The third-order valence-electron chi connectivity index (χ3n) is 4.33. The zero-order valence-corrected chi connectivity index (χ0v) is 12.6. The number of carbonyl (C=O) groups excluding carboxylic acids is 1. The quantitative estimate of drug-likeness (QED) is 0.731. The van der Waals surface area contributed by atoms with Crippen molar-refractivity contribution < 1.29 is 23.1 Å². The van der Waals surface area contributed by atoms with E-state index in [2.05, 4.69) is 10.6 Å². The average molecular weight is 310 g/mol. The van der Waals surface area contributed by atoms with Crippen molar-refractivity contribution in [1.82, 2.24) is 10.6 Å². The summed E-state index contributed by atoms with van der Waals surface area (Å²) in [6, 6.07) is -0.902. The number of nitrogens with one attached hydrogen (secondary N) is 2. The van der Waals surface area contributed by atoms with Crippen molar-refractivity contribution in [1.29, 1.82) is 0 Å². The second-order valence-electron chi connectivity index (χ2n) is 6.09. The average Bonchev–Trinajstić information content (AvgIpc) is 2.38. The Labute approximate surface area is 123 Å². The van der Waals surface area contributed by atoms with Crippen molar-refractivity contribution >= 4 is 6.03 Å². The van der Waals surface area contributed by atoms with E-state index < -0.39 is 29.7 Å². The second-order valence-corrected chi connectivity index (χ2v) is 6.09. The SMILES string of the molecule is CCC(C)(CCO)NC(=O)NC1CCCC(C(F)(F)F)C1. The number of urea groups is 1. The van der Waals surface area contributed by atoms with E-state index in [1.807, 2.05) is 13.8 Å². The molecule has 21 heavy (non-hydrogen) atoms. The van der Waals surface area contributed by atoms with Crippen LogP contribution >= 0.6 is 0 Å². The zero-order valence-electron chi connectivity index (χ0n) is 12.6. The molecule has 0 spiro atoms. The Kier molecular flexibility index (Phi) is 6.31. The maximum absolute atomic E-state index is 12.7. The lowest BCUT2D eigenvalue weighted by molar-refractivity contribution is -0.183. The number of aliphatic hydroxyl groups excluding tert-OH is 1.